The molecule has 0 aliphatic heterocycles. The van der Waals surface area contributed by atoms with Crippen LogP contribution in [0.3, 0.4) is 0 Å². The summed E-state index contributed by atoms with van der Waals surface area (Å²) in [5.41, 5.74) is 6.74. The molecule has 0 amide bonds. The van der Waals surface area contributed by atoms with Crippen molar-refractivity contribution in [3.8, 4) is 0 Å². The molecule has 0 unspecified atom stereocenters. The largest absolute Gasteiger partial charge is 0.454 e. The highest BCUT2D eigenvalue weighted by Gasteiger charge is 2.13. The number of halogens is 1. The number of Topliss-reactive ketones (excluding diaryl/α,β-unsaturated/α-hetero) is 1. The van der Waals surface area contributed by atoms with Crippen LogP contribution in [0.15, 0.2) is 53.0 Å². The number of esters is 1. The minimum Gasteiger partial charge on any atom is -0.454 e. The van der Waals surface area contributed by atoms with E-state index in [1.54, 1.807) is 48.5 Å². The third kappa shape index (κ3) is 3.45. The number of ketones is 1. The van der Waals surface area contributed by atoms with Crippen molar-refractivity contribution >= 4 is 33.4 Å². The van der Waals surface area contributed by atoms with Crippen LogP contribution >= 0.6 is 15.9 Å². The number of nitrogens with two attached hydrogens (primary N) is 1. The van der Waals surface area contributed by atoms with Crippen molar-refractivity contribution in [2.45, 2.75) is 0 Å². The average Bonchev–Trinajstić information content (AvgIpc) is 2.45. The Kier molecular flexibility index (Phi) is 4.53. The van der Waals surface area contributed by atoms with E-state index in [1.165, 1.54) is 0 Å². The van der Waals surface area contributed by atoms with E-state index >= 15 is 0 Å². The highest BCUT2D eigenvalue weighted by atomic mass is 79.9. The molecule has 0 aromatic heterocycles. The zero-order valence-electron chi connectivity index (χ0n) is 10.5. The van der Waals surface area contributed by atoms with E-state index in [1.807, 2.05) is 0 Å². The van der Waals surface area contributed by atoms with Gasteiger partial charge in [-0.05, 0) is 24.3 Å². The van der Waals surface area contributed by atoms with Gasteiger partial charge in [0.15, 0.2) is 12.4 Å². The number of nitrogen functional groups attached to an aromatic ring is 1. The fourth-order valence-electron chi connectivity index (χ4n) is 1.61. The summed E-state index contributed by atoms with van der Waals surface area (Å²) in [6.45, 7) is -0.311. The molecule has 0 aliphatic carbocycles. The molecule has 102 valence electrons. The molecular formula is C15H12BrNO3. The number of hydrogen-bond acceptors (Lipinski definition) is 4. The molecule has 0 saturated carbocycles. The molecular weight excluding hydrogens is 322 g/mol. The molecule has 20 heavy (non-hydrogen) atoms. The van der Waals surface area contributed by atoms with E-state index < -0.39 is 5.97 Å². The lowest BCUT2D eigenvalue weighted by Gasteiger charge is -2.06. The smallest absolute Gasteiger partial charge is 0.340 e. The summed E-state index contributed by atoms with van der Waals surface area (Å²) < 4.78 is 5.85. The third-order valence-electron chi connectivity index (χ3n) is 2.68. The standard InChI is InChI=1S/C15H12BrNO3/c16-11-7-5-10(6-8-11)14(18)9-20-15(19)12-3-1-2-4-13(12)17/h1-8H,9,17H2. The Morgan fingerprint density at radius 3 is 2.35 bits per heavy atom. The van der Waals surface area contributed by atoms with Crippen LogP contribution in [0.5, 0.6) is 0 Å². The molecule has 0 saturated heterocycles. The van der Waals surface area contributed by atoms with Crippen LogP contribution in [0.4, 0.5) is 5.69 Å². The topological polar surface area (TPSA) is 69.4 Å². The zero-order chi connectivity index (χ0) is 14.5. The molecule has 0 fully saturated rings. The number of hydrogen-bond donors (Lipinski definition) is 1. The summed E-state index contributed by atoms with van der Waals surface area (Å²) in [7, 11) is 0. The van der Waals surface area contributed by atoms with E-state index in [0.717, 1.165) is 4.47 Å². The second-order valence-electron chi connectivity index (χ2n) is 4.09. The van der Waals surface area contributed by atoms with Crippen molar-refractivity contribution < 1.29 is 14.3 Å². The van der Waals surface area contributed by atoms with E-state index in [4.69, 9.17) is 10.5 Å². The van der Waals surface area contributed by atoms with Gasteiger partial charge in [0.05, 0.1) is 5.56 Å². The Labute approximate surface area is 124 Å². The Bertz CT molecular complexity index is 638. The average molecular weight is 334 g/mol. The highest BCUT2D eigenvalue weighted by molar-refractivity contribution is 9.10. The van der Waals surface area contributed by atoms with Crippen molar-refractivity contribution in [3.05, 3.63) is 64.1 Å². The normalized spacial score (nSPS) is 10.1. The number of carbonyl (C=O) groups is 2. The molecule has 0 bridgehead atoms. The van der Waals surface area contributed by atoms with Crippen molar-refractivity contribution in [3.63, 3.8) is 0 Å². The molecule has 0 spiro atoms. The van der Waals surface area contributed by atoms with Crippen LogP contribution in [-0.2, 0) is 4.74 Å². The number of para-hydroxylation sites is 1. The predicted octanol–water partition coefficient (Wildman–Crippen LogP) is 3.07. The minimum absolute atomic E-state index is 0.260. The van der Waals surface area contributed by atoms with Crippen molar-refractivity contribution in [1.82, 2.24) is 0 Å². The van der Waals surface area contributed by atoms with Gasteiger partial charge in [-0.25, -0.2) is 4.79 Å². The quantitative estimate of drug-likeness (QED) is 0.530. The molecule has 0 aliphatic rings. The van der Waals surface area contributed by atoms with Gasteiger partial charge in [-0.2, -0.15) is 0 Å². The number of rotatable bonds is 4. The molecule has 2 rings (SSSR count). The van der Waals surface area contributed by atoms with Crippen molar-refractivity contribution in [1.29, 1.82) is 0 Å². The maximum atomic E-state index is 11.9. The highest BCUT2D eigenvalue weighted by Crippen LogP contribution is 2.13. The number of benzene rings is 2. The van der Waals surface area contributed by atoms with Crippen molar-refractivity contribution in [2.75, 3.05) is 12.3 Å². The van der Waals surface area contributed by atoms with Gasteiger partial charge in [-0.3, -0.25) is 4.79 Å². The second kappa shape index (κ2) is 6.34. The van der Waals surface area contributed by atoms with Gasteiger partial charge in [0, 0.05) is 15.7 Å². The van der Waals surface area contributed by atoms with E-state index in [2.05, 4.69) is 15.9 Å². The van der Waals surface area contributed by atoms with Crippen LogP contribution in [-0.4, -0.2) is 18.4 Å². The maximum absolute atomic E-state index is 11.9. The van der Waals surface area contributed by atoms with Gasteiger partial charge in [-0.1, -0.05) is 40.2 Å². The summed E-state index contributed by atoms with van der Waals surface area (Å²) in [6, 6.07) is 13.4. The van der Waals surface area contributed by atoms with E-state index in [-0.39, 0.29) is 18.0 Å². The first-order valence-corrected chi connectivity index (χ1v) is 6.67. The van der Waals surface area contributed by atoms with Gasteiger partial charge >= 0.3 is 5.97 Å². The van der Waals surface area contributed by atoms with E-state index in [9.17, 15) is 9.59 Å². The minimum atomic E-state index is -0.603. The Morgan fingerprint density at radius 2 is 1.70 bits per heavy atom. The Balaban J connectivity index is 1.99. The zero-order valence-corrected chi connectivity index (χ0v) is 12.1. The fraction of sp³-hybridized carbons (Fsp3) is 0.0667. The molecule has 2 aromatic rings. The Hall–Kier alpha value is -2.14. The molecule has 5 heteroatoms. The second-order valence-corrected chi connectivity index (χ2v) is 5.01. The molecule has 0 atom stereocenters. The van der Waals surface area contributed by atoms with Gasteiger partial charge in [0.2, 0.25) is 0 Å². The first-order chi connectivity index (χ1) is 9.58. The predicted molar refractivity (Wildman–Crippen MR) is 79.6 cm³/mol. The fourth-order valence-corrected chi connectivity index (χ4v) is 1.88. The van der Waals surface area contributed by atoms with Crippen LogP contribution in [0.2, 0.25) is 0 Å². The first-order valence-electron chi connectivity index (χ1n) is 5.88. The lowest BCUT2D eigenvalue weighted by molar-refractivity contribution is 0.0476. The lowest BCUT2D eigenvalue weighted by atomic mass is 10.1. The van der Waals surface area contributed by atoms with Gasteiger partial charge in [0.1, 0.15) is 0 Å². The van der Waals surface area contributed by atoms with Crippen molar-refractivity contribution in [2.24, 2.45) is 0 Å². The summed E-state index contributed by atoms with van der Waals surface area (Å²) in [5.74, 6) is -0.867. The summed E-state index contributed by atoms with van der Waals surface area (Å²) >= 11 is 3.28. The number of anilines is 1. The summed E-state index contributed by atoms with van der Waals surface area (Å²) in [5, 5.41) is 0. The van der Waals surface area contributed by atoms with Crippen LogP contribution in [0.25, 0.3) is 0 Å². The van der Waals surface area contributed by atoms with E-state index in [0.29, 0.717) is 11.3 Å². The number of carbonyl (C=O) groups excluding carboxylic acids is 2. The van der Waals surface area contributed by atoms with Crippen LogP contribution in [0.1, 0.15) is 20.7 Å². The molecule has 0 radical (unpaired) electrons. The first kappa shape index (κ1) is 14.3. The van der Waals surface area contributed by atoms with Gasteiger partial charge < -0.3 is 10.5 Å². The molecule has 2 aromatic carbocycles. The molecule has 4 nitrogen and oxygen atoms in total. The lowest BCUT2D eigenvalue weighted by Crippen LogP contribution is -2.15. The molecule has 2 N–H and O–H groups in total. The number of ether oxygens (including phenoxy) is 1. The van der Waals surface area contributed by atoms with Gasteiger partial charge in [-0.15, -0.1) is 0 Å². The monoisotopic (exact) mass is 333 g/mol. The Morgan fingerprint density at radius 1 is 1.05 bits per heavy atom. The van der Waals surface area contributed by atoms with Crippen LogP contribution < -0.4 is 5.73 Å². The summed E-state index contributed by atoms with van der Waals surface area (Å²) in [6.07, 6.45) is 0. The van der Waals surface area contributed by atoms with Crippen LogP contribution in [0, 0.1) is 0 Å². The SMILES string of the molecule is Nc1ccccc1C(=O)OCC(=O)c1ccc(Br)cc1. The maximum Gasteiger partial charge on any atom is 0.340 e. The summed E-state index contributed by atoms with van der Waals surface area (Å²) in [4.78, 5) is 23.6. The third-order valence-corrected chi connectivity index (χ3v) is 3.21. The molecule has 0 heterocycles. The van der Waals surface area contributed by atoms with Gasteiger partial charge in [0.25, 0.3) is 0 Å².